The molecule has 3 amide bonds. The van der Waals surface area contributed by atoms with Gasteiger partial charge in [0.1, 0.15) is 6.04 Å². The maximum absolute atomic E-state index is 13.6. The van der Waals surface area contributed by atoms with Crippen molar-refractivity contribution in [2.24, 2.45) is 0 Å². The zero-order chi connectivity index (χ0) is 27.7. The maximum atomic E-state index is 13.6. The minimum absolute atomic E-state index is 0.236. The predicted octanol–water partition coefficient (Wildman–Crippen LogP) is 4.22. The van der Waals surface area contributed by atoms with E-state index in [1.807, 2.05) is 69.3 Å². The van der Waals surface area contributed by atoms with Gasteiger partial charge in [-0.1, -0.05) is 42.5 Å². The number of hydrogen-bond acceptors (Lipinski definition) is 6. The van der Waals surface area contributed by atoms with Crippen molar-refractivity contribution < 1.29 is 23.9 Å². The number of ether oxygens (including phenoxy) is 2. The second-order valence-corrected chi connectivity index (χ2v) is 10.7. The van der Waals surface area contributed by atoms with Crippen molar-refractivity contribution >= 4 is 29.1 Å². The molecule has 0 spiro atoms. The van der Waals surface area contributed by atoms with Gasteiger partial charge in [0.05, 0.1) is 25.6 Å². The number of benzene rings is 2. The molecule has 9 heteroatoms. The van der Waals surface area contributed by atoms with Crippen LogP contribution in [0.2, 0.25) is 0 Å². The van der Waals surface area contributed by atoms with Crippen LogP contribution >= 0.6 is 11.3 Å². The van der Waals surface area contributed by atoms with E-state index in [0.717, 1.165) is 5.56 Å². The van der Waals surface area contributed by atoms with Crippen LogP contribution in [0.1, 0.15) is 47.6 Å². The van der Waals surface area contributed by atoms with Crippen molar-refractivity contribution in [2.45, 2.75) is 38.8 Å². The third kappa shape index (κ3) is 7.82. The van der Waals surface area contributed by atoms with Crippen molar-refractivity contribution in [2.75, 3.05) is 27.3 Å². The van der Waals surface area contributed by atoms with Crippen molar-refractivity contribution in [1.29, 1.82) is 0 Å². The third-order valence-corrected chi connectivity index (χ3v) is 6.60. The first-order valence-corrected chi connectivity index (χ1v) is 13.2. The van der Waals surface area contributed by atoms with Crippen LogP contribution in [0.4, 0.5) is 0 Å². The monoisotopic (exact) mass is 537 g/mol. The smallest absolute Gasteiger partial charge is 0.261 e. The lowest BCUT2D eigenvalue weighted by atomic mass is 10.0. The molecule has 3 aromatic rings. The van der Waals surface area contributed by atoms with Crippen molar-refractivity contribution in [3.8, 4) is 11.5 Å². The zero-order valence-electron chi connectivity index (χ0n) is 22.4. The topological polar surface area (TPSA) is 97.0 Å². The van der Waals surface area contributed by atoms with E-state index in [0.29, 0.717) is 28.4 Å². The predicted molar refractivity (Wildman–Crippen MR) is 149 cm³/mol. The van der Waals surface area contributed by atoms with E-state index in [1.165, 1.54) is 16.2 Å². The molecular formula is C29H35N3O5S. The molecule has 0 saturated heterocycles. The quantitative estimate of drug-likeness (QED) is 0.382. The van der Waals surface area contributed by atoms with Crippen molar-refractivity contribution in [1.82, 2.24) is 15.5 Å². The van der Waals surface area contributed by atoms with Gasteiger partial charge in [-0.2, -0.15) is 0 Å². The van der Waals surface area contributed by atoms with Crippen LogP contribution in [0.3, 0.4) is 0 Å². The third-order valence-electron chi connectivity index (χ3n) is 5.73. The first-order valence-electron chi connectivity index (χ1n) is 12.3. The Morgan fingerprint density at radius 3 is 2.26 bits per heavy atom. The molecule has 0 aliphatic heterocycles. The fourth-order valence-corrected chi connectivity index (χ4v) is 4.62. The largest absolute Gasteiger partial charge is 0.493 e. The number of methoxy groups -OCH3 is 2. The first kappa shape index (κ1) is 28.7. The average molecular weight is 538 g/mol. The number of carbonyl (C=O) groups excluding carboxylic acids is 3. The van der Waals surface area contributed by atoms with Gasteiger partial charge >= 0.3 is 0 Å². The Bertz CT molecular complexity index is 1220. The molecule has 1 aromatic heterocycles. The summed E-state index contributed by atoms with van der Waals surface area (Å²) in [5.74, 6) is 0.189. The molecule has 0 fully saturated rings. The van der Waals surface area contributed by atoms with Gasteiger partial charge in [0.15, 0.2) is 11.5 Å². The molecule has 0 unspecified atom stereocenters. The molecule has 202 valence electrons. The molecule has 0 bridgehead atoms. The summed E-state index contributed by atoms with van der Waals surface area (Å²) in [4.78, 5) is 41.8. The normalized spacial score (nSPS) is 11.8. The minimum Gasteiger partial charge on any atom is -0.493 e. The molecular weight excluding hydrogens is 502 g/mol. The van der Waals surface area contributed by atoms with E-state index < -0.39 is 11.6 Å². The van der Waals surface area contributed by atoms with Gasteiger partial charge in [-0.25, -0.2) is 0 Å². The summed E-state index contributed by atoms with van der Waals surface area (Å²) < 4.78 is 10.8. The van der Waals surface area contributed by atoms with Gasteiger partial charge in [-0.05, 0) is 61.9 Å². The summed E-state index contributed by atoms with van der Waals surface area (Å²) in [7, 11) is 3.14. The highest BCUT2D eigenvalue weighted by molar-refractivity contribution is 7.12. The highest BCUT2D eigenvalue weighted by Crippen LogP contribution is 2.29. The number of nitrogens with one attached hydrogen (secondary N) is 2. The Morgan fingerprint density at radius 2 is 1.66 bits per heavy atom. The minimum atomic E-state index is -0.887. The Morgan fingerprint density at radius 1 is 0.947 bits per heavy atom. The fourth-order valence-electron chi connectivity index (χ4n) is 3.98. The van der Waals surface area contributed by atoms with E-state index in [1.54, 1.807) is 31.7 Å². The van der Waals surface area contributed by atoms with Gasteiger partial charge < -0.3 is 25.0 Å². The number of hydrogen-bond donors (Lipinski definition) is 2. The van der Waals surface area contributed by atoms with E-state index in [9.17, 15) is 14.4 Å². The molecule has 2 aromatic carbocycles. The molecule has 0 saturated carbocycles. The fraction of sp³-hybridized carbons (Fsp3) is 0.345. The summed E-state index contributed by atoms with van der Waals surface area (Å²) in [6.07, 6.45) is 0.455. The lowest BCUT2D eigenvalue weighted by Crippen LogP contribution is -2.51. The Hall–Kier alpha value is -3.85. The molecule has 0 radical (unpaired) electrons. The molecule has 8 nitrogen and oxygen atoms in total. The van der Waals surface area contributed by atoms with Crippen LogP contribution in [-0.2, 0) is 16.0 Å². The number of nitrogens with zero attached hydrogens (tertiary/aromatic N) is 1. The second kappa shape index (κ2) is 13.1. The molecule has 0 aliphatic carbocycles. The molecule has 2 N–H and O–H groups in total. The van der Waals surface area contributed by atoms with Crippen LogP contribution in [0.25, 0.3) is 0 Å². The van der Waals surface area contributed by atoms with Gasteiger partial charge in [0, 0.05) is 12.1 Å². The van der Waals surface area contributed by atoms with Crippen LogP contribution in [0.15, 0.2) is 66.0 Å². The first-order chi connectivity index (χ1) is 18.1. The molecule has 38 heavy (non-hydrogen) atoms. The van der Waals surface area contributed by atoms with Gasteiger partial charge in [0.2, 0.25) is 11.8 Å². The zero-order valence-corrected chi connectivity index (χ0v) is 23.3. The highest BCUT2D eigenvalue weighted by atomic mass is 32.1. The molecule has 0 aliphatic rings. The average Bonchev–Trinajstić information content (AvgIpc) is 3.44. The molecule has 1 heterocycles. The summed E-state index contributed by atoms with van der Waals surface area (Å²) >= 11 is 1.30. The highest BCUT2D eigenvalue weighted by Gasteiger charge is 2.33. The molecule has 1 atom stereocenters. The number of thiophene rings is 1. The van der Waals surface area contributed by atoms with Crippen LogP contribution < -0.4 is 20.1 Å². The standard InChI is InChI=1S/C29H35N3O5S/c1-29(2,3)31-28(35)26(21-10-7-6-8-11-21)32(25(33)19-30-27(34)24-12-9-17-38-24)16-15-20-13-14-22(36-4)23(18-20)37-5/h6-14,17-18,26H,15-16,19H2,1-5H3,(H,30,34)(H,31,35)/t26-/m0/s1. The Kier molecular flexibility index (Phi) is 9.90. The SMILES string of the molecule is COc1ccc(CCN(C(=O)CNC(=O)c2cccs2)[C@H](C(=O)NC(C)(C)C)c2ccccc2)cc1OC. The van der Waals surface area contributed by atoms with E-state index in [4.69, 9.17) is 9.47 Å². The van der Waals surface area contributed by atoms with Gasteiger partial charge in [-0.3, -0.25) is 14.4 Å². The summed E-state index contributed by atoms with van der Waals surface area (Å²) in [5, 5.41) is 7.52. The Labute approximate surface area is 228 Å². The second-order valence-electron chi connectivity index (χ2n) is 9.74. The Balaban J connectivity index is 1.92. The van der Waals surface area contributed by atoms with Gasteiger partial charge in [-0.15, -0.1) is 11.3 Å². The number of carbonyl (C=O) groups is 3. The number of rotatable bonds is 11. The van der Waals surface area contributed by atoms with E-state index >= 15 is 0 Å². The van der Waals surface area contributed by atoms with E-state index in [2.05, 4.69) is 10.6 Å². The van der Waals surface area contributed by atoms with Crippen molar-refractivity contribution in [3.05, 3.63) is 82.0 Å². The molecule has 3 rings (SSSR count). The summed E-state index contributed by atoms with van der Waals surface area (Å²) in [6, 6.07) is 17.3. The van der Waals surface area contributed by atoms with Crippen LogP contribution in [0, 0.1) is 0 Å². The van der Waals surface area contributed by atoms with Crippen LogP contribution in [0.5, 0.6) is 11.5 Å². The van der Waals surface area contributed by atoms with Crippen molar-refractivity contribution in [3.63, 3.8) is 0 Å². The summed E-state index contributed by atoms with van der Waals surface area (Å²) in [6.45, 7) is 5.67. The van der Waals surface area contributed by atoms with Gasteiger partial charge in [0.25, 0.3) is 5.91 Å². The number of amides is 3. The maximum Gasteiger partial charge on any atom is 0.261 e. The van der Waals surface area contributed by atoms with Crippen LogP contribution in [-0.4, -0.2) is 55.5 Å². The summed E-state index contributed by atoms with van der Waals surface area (Å²) in [5.41, 5.74) is 1.08. The lowest BCUT2D eigenvalue weighted by molar-refractivity contribution is -0.140. The van der Waals surface area contributed by atoms with E-state index in [-0.39, 0.29) is 30.8 Å². The lowest BCUT2D eigenvalue weighted by Gasteiger charge is -2.34.